The van der Waals surface area contributed by atoms with Gasteiger partial charge in [0.2, 0.25) is 0 Å². The Bertz CT molecular complexity index is 120. The predicted molar refractivity (Wildman–Crippen MR) is 64.3 cm³/mol. The quantitative estimate of drug-likeness (QED) is 0.538. The van der Waals surface area contributed by atoms with Gasteiger partial charge >= 0.3 is 0 Å². The molecule has 0 aliphatic heterocycles. The normalized spacial score (nSPS) is 13.0. The van der Waals surface area contributed by atoms with E-state index in [9.17, 15) is 0 Å². The summed E-state index contributed by atoms with van der Waals surface area (Å²) in [5.74, 6) is 0. The van der Waals surface area contributed by atoms with Crippen LogP contribution in [0.4, 0.5) is 0 Å². The van der Waals surface area contributed by atoms with E-state index in [0.717, 1.165) is 13.0 Å². The smallest absolute Gasteiger partial charge is 0.0700 e. The largest absolute Gasteiger partial charge is 0.382 e. The van der Waals surface area contributed by atoms with Crippen molar-refractivity contribution in [2.75, 3.05) is 34.0 Å². The van der Waals surface area contributed by atoms with E-state index < -0.39 is 0 Å². The minimum Gasteiger partial charge on any atom is -0.382 e. The van der Waals surface area contributed by atoms with Crippen LogP contribution >= 0.6 is 0 Å². The van der Waals surface area contributed by atoms with Crippen molar-refractivity contribution in [3.05, 3.63) is 0 Å². The van der Waals surface area contributed by atoms with Crippen molar-refractivity contribution in [2.24, 2.45) is 0 Å². The van der Waals surface area contributed by atoms with Gasteiger partial charge in [-0.2, -0.15) is 0 Å². The molecule has 0 aromatic rings. The van der Waals surface area contributed by atoms with E-state index >= 15 is 0 Å². The zero-order chi connectivity index (χ0) is 11.4. The minimum absolute atomic E-state index is 0.610. The molecule has 0 rings (SSSR count). The Morgan fingerprint density at radius 1 is 1.07 bits per heavy atom. The highest BCUT2D eigenvalue weighted by Crippen LogP contribution is 2.06. The molecular weight excluding hydrogens is 190 g/mol. The van der Waals surface area contributed by atoms with Gasteiger partial charge in [0.15, 0.2) is 0 Å². The van der Waals surface area contributed by atoms with Crippen LogP contribution in [0.5, 0.6) is 0 Å². The molecule has 0 aromatic carbocycles. The van der Waals surface area contributed by atoms with Crippen molar-refractivity contribution in [3.63, 3.8) is 0 Å². The first-order valence-corrected chi connectivity index (χ1v) is 6.09. The van der Waals surface area contributed by atoms with Crippen LogP contribution in [-0.2, 0) is 9.47 Å². The molecule has 0 spiro atoms. The first-order chi connectivity index (χ1) is 7.35. The summed E-state index contributed by atoms with van der Waals surface area (Å²) in [5.41, 5.74) is 0. The molecule has 0 saturated carbocycles. The van der Waals surface area contributed by atoms with Crippen LogP contribution in [0.15, 0.2) is 0 Å². The molecule has 0 amide bonds. The third-order valence-corrected chi connectivity index (χ3v) is 2.61. The Morgan fingerprint density at radius 3 is 2.47 bits per heavy atom. The fourth-order valence-electron chi connectivity index (χ4n) is 1.54. The average Bonchev–Trinajstić information content (AvgIpc) is 2.26. The van der Waals surface area contributed by atoms with Gasteiger partial charge in [-0.25, -0.2) is 0 Å². The van der Waals surface area contributed by atoms with Gasteiger partial charge < -0.3 is 14.8 Å². The van der Waals surface area contributed by atoms with Gasteiger partial charge in [-0.1, -0.05) is 26.2 Å². The average molecular weight is 217 g/mol. The third-order valence-electron chi connectivity index (χ3n) is 2.61. The molecule has 0 aromatic heterocycles. The second-order valence-electron chi connectivity index (χ2n) is 3.88. The molecule has 1 N–H and O–H groups in total. The number of unbranched alkanes of at least 4 members (excludes halogenated alkanes) is 2. The van der Waals surface area contributed by atoms with Crippen molar-refractivity contribution in [2.45, 2.75) is 45.1 Å². The van der Waals surface area contributed by atoms with E-state index in [-0.39, 0.29) is 0 Å². The fourth-order valence-corrected chi connectivity index (χ4v) is 1.54. The number of nitrogens with one attached hydrogen (secondary N) is 1. The fraction of sp³-hybridized carbons (Fsp3) is 1.00. The molecule has 15 heavy (non-hydrogen) atoms. The van der Waals surface area contributed by atoms with Crippen molar-refractivity contribution in [1.29, 1.82) is 0 Å². The van der Waals surface area contributed by atoms with Crippen LogP contribution in [0.1, 0.15) is 39.0 Å². The molecule has 3 nitrogen and oxygen atoms in total. The highest BCUT2D eigenvalue weighted by molar-refractivity contribution is 4.63. The topological polar surface area (TPSA) is 30.5 Å². The van der Waals surface area contributed by atoms with E-state index in [1.165, 1.54) is 25.7 Å². The molecule has 0 fully saturated rings. The van der Waals surface area contributed by atoms with Gasteiger partial charge in [-0.05, 0) is 19.9 Å². The molecule has 1 unspecified atom stereocenters. The second-order valence-corrected chi connectivity index (χ2v) is 3.88. The summed E-state index contributed by atoms with van der Waals surface area (Å²) in [5, 5.41) is 3.34. The van der Waals surface area contributed by atoms with Crippen molar-refractivity contribution >= 4 is 0 Å². The van der Waals surface area contributed by atoms with Gasteiger partial charge in [0.05, 0.1) is 13.2 Å². The van der Waals surface area contributed by atoms with Crippen LogP contribution < -0.4 is 5.32 Å². The lowest BCUT2D eigenvalue weighted by Gasteiger charge is -2.15. The summed E-state index contributed by atoms with van der Waals surface area (Å²) in [6, 6.07) is 0.610. The summed E-state index contributed by atoms with van der Waals surface area (Å²) < 4.78 is 10.4. The lowest BCUT2D eigenvalue weighted by molar-refractivity contribution is 0.0656. The number of ether oxygens (including phenoxy) is 2. The maximum Gasteiger partial charge on any atom is 0.0700 e. The molecule has 0 bridgehead atoms. The summed E-state index contributed by atoms with van der Waals surface area (Å²) in [6.07, 6.45) is 6.31. The summed E-state index contributed by atoms with van der Waals surface area (Å²) in [6.45, 7) is 4.48. The van der Waals surface area contributed by atoms with Crippen molar-refractivity contribution in [3.8, 4) is 0 Å². The Morgan fingerprint density at radius 2 is 1.87 bits per heavy atom. The van der Waals surface area contributed by atoms with E-state index in [1.54, 1.807) is 7.11 Å². The van der Waals surface area contributed by atoms with Crippen LogP contribution in [0.25, 0.3) is 0 Å². The molecule has 92 valence electrons. The monoisotopic (exact) mass is 217 g/mol. The number of hydrogen-bond donors (Lipinski definition) is 1. The van der Waals surface area contributed by atoms with Gasteiger partial charge in [-0.15, -0.1) is 0 Å². The van der Waals surface area contributed by atoms with E-state index in [1.807, 2.05) is 7.05 Å². The van der Waals surface area contributed by atoms with Gasteiger partial charge in [0.1, 0.15) is 0 Å². The van der Waals surface area contributed by atoms with E-state index in [2.05, 4.69) is 12.2 Å². The van der Waals surface area contributed by atoms with Gasteiger partial charge in [0, 0.05) is 19.8 Å². The van der Waals surface area contributed by atoms with Crippen LogP contribution in [0.2, 0.25) is 0 Å². The summed E-state index contributed by atoms with van der Waals surface area (Å²) >= 11 is 0. The highest BCUT2D eigenvalue weighted by Gasteiger charge is 2.04. The molecule has 0 aliphatic rings. The van der Waals surface area contributed by atoms with E-state index in [0.29, 0.717) is 19.3 Å². The molecule has 0 heterocycles. The van der Waals surface area contributed by atoms with Crippen LogP contribution in [0.3, 0.4) is 0 Å². The Balaban J connectivity index is 3.28. The van der Waals surface area contributed by atoms with Crippen LogP contribution in [-0.4, -0.2) is 40.0 Å². The lowest BCUT2D eigenvalue weighted by atomic mass is 10.1. The molecular formula is C12H27NO2. The number of rotatable bonds is 11. The number of methoxy groups -OCH3 is 1. The van der Waals surface area contributed by atoms with E-state index in [4.69, 9.17) is 9.47 Å². The Kier molecular flexibility index (Phi) is 11.9. The maximum atomic E-state index is 5.45. The zero-order valence-electron chi connectivity index (χ0n) is 10.6. The summed E-state index contributed by atoms with van der Waals surface area (Å²) in [7, 11) is 3.73. The molecule has 3 heteroatoms. The zero-order valence-corrected chi connectivity index (χ0v) is 10.6. The molecule has 0 aliphatic carbocycles. The first kappa shape index (κ1) is 14.9. The predicted octanol–water partition coefficient (Wildman–Crippen LogP) is 2.21. The second kappa shape index (κ2) is 12.0. The highest BCUT2D eigenvalue weighted by atomic mass is 16.5. The lowest BCUT2D eigenvalue weighted by Crippen LogP contribution is -2.26. The maximum absolute atomic E-state index is 5.45. The Hall–Kier alpha value is -0.120. The number of hydrogen-bond acceptors (Lipinski definition) is 3. The molecule has 1 atom stereocenters. The summed E-state index contributed by atoms with van der Waals surface area (Å²) in [4.78, 5) is 0. The minimum atomic E-state index is 0.610. The third kappa shape index (κ3) is 10.2. The Labute approximate surface area is 94.5 Å². The van der Waals surface area contributed by atoms with Crippen molar-refractivity contribution < 1.29 is 9.47 Å². The van der Waals surface area contributed by atoms with Crippen LogP contribution in [0, 0.1) is 0 Å². The van der Waals surface area contributed by atoms with Gasteiger partial charge in [-0.3, -0.25) is 0 Å². The van der Waals surface area contributed by atoms with Gasteiger partial charge in [0.25, 0.3) is 0 Å². The first-order valence-electron chi connectivity index (χ1n) is 6.09. The molecule has 0 radical (unpaired) electrons. The van der Waals surface area contributed by atoms with Crippen molar-refractivity contribution in [1.82, 2.24) is 5.32 Å². The molecule has 0 saturated heterocycles. The SMILES string of the molecule is CCCCCC(CCOCCOC)NC. The standard InChI is InChI=1S/C12H27NO2/c1-4-5-6-7-12(13-2)8-9-15-11-10-14-3/h12-13H,4-11H2,1-3H3.